The van der Waals surface area contributed by atoms with Crippen molar-refractivity contribution in [2.75, 3.05) is 5.32 Å². The third-order valence-corrected chi connectivity index (χ3v) is 2.45. The maximum Gasteiger partial charge on any atom is 0.259 e. The molecule has 0 spiro atoms. The molecule has 0 unspecified atom stereocenters. The first kappa shape index (κ1) is 12.2. The third kappa shape index (κ3) is 2.68. The Morgan fingerprint density at radius 1 is 1.22 bits per heavy atom. The zero-order chi connectivity index (χ0) is 13.1. The van der Waals surface area contributed by atoms with Crippen LogP contribution in [-0.2, 0) is 0 Å². The summed E-state index contributed by atoms with van der Waals surface area (Å²) in [6.45, 7) is 3.50. The molecule has 2 aromatic rings. The second kappa shape index (κ2) is 4.91. The maximum absolute atomic E-state index is 12.7. The summed E-state index contributed by atoms with van der Waals surface area (Å²) >= 11 is 0. The van der Waals surface area contributed by atoms with E-state index >= 15 is 0 Å². The number of nitrogens with one attached hydrogen (secondary N) is 1. The number of hydrogen-bond acceptors (Lipinski definition) is 3. The average molecular weight is 245 g/mol. The van der Waals surface area contributed by atoms with Crippen molar-refractivity contribution in [2.24, 2.45) is 0 Å². The van der Waals surface area contributed by atoms with E-state index in [4.69, 9.17) is 0 Å². The minimum atomic E-state index is -0.345. The van der Waals surface area contributed by atoms with E-state index in [2.05, 4.69) is 15.3 Å². The molecule has 0 fully saturated rings. The minimum absolute atomic E-state index is 0.306. The molecular weight excluding hydrogens is 233 g/mol. The molecule has 92 valence electrons. The zero-order valence-electron chi connectivity index (χ0n) is 10.1. The van der Waals surface area contributed by atoms with Crippen LogP contribution in [-0.4, -0.2) is 15.9 Å². The van der Waals surface area contributed by atoms with Gasteiger partial charge in [0.1, 0.15) is 11.6 Å². The van der Waals surface area contributed by atoms with Crippen molar-refractivity contribution in [3.63, 3.8) is 0 Å². The van der Waals surface area contributed by atoms with Crippen molar-refractivity contribution in [3.8, 4) is 0 Å². The van der Waals surface area contributed by atoms with E-state index in [9.17, 15) is 9.18 Å². The number of amides is 1. The van der Waals surface area contributed by atoms with E-state index in [0.717, 1.165) is 0 Å². The summed E-state index contributed by atoms with van der Waals surface area (Å²) < 4.78 is 12.7. The highest BCUT2D eigenvalue weighted by Gasteiger charge is 2.11. The summed E-state index contributed by atoms with van der Waals surface area (Å²) in [4.78, 5) is 20.0. The van der Waals surface area contributed by atoms with Crippen LogP contribution < -0.4 is 5.32 Å². The topological polar surface area (TPSA) is 54.9 Å². The van der Waals surface area contributed by atoms with E-state index in [1.54, 1.807) is 13.8 Å². The second-order valence-electron chi connectivity index (χ2n) is 3.88. The van der Waals surface area contributed by atoms with Gasteiger partial charge in [-0.3, -0.25) is 4.79 Å². The van der Waals surface area contributed by atoms with Gasteiger partial charge < -0.3 is 5.32 Å². The molecule has 1 N–H and O–H groups in total. The van der Waals surface area contributed by atoms with Gasteiger partial charge in [-0.05, 0) is 38.1 Å². The normalized spacial score (nSPS) is 10.2. The van der Waals surface area contributed by atoms with Gasteiger partial charge in [0.25, 0.3) is 5.91 Å². The second-order valence-corrected chi connectivity index (χ2v) is 3.88. The molecule has 1 aromatic heterocycles. The molecule has 4 nitrogen and oxygen atoms in total. The Morgan fingerprint density at radius 2 is 1.89 bits per heavy atom. The molecule has 0 radical (unpaired) electrons. The highest BCUT2D eigenvalue weighted by Crippen LogP contribution is 2.11. The Bertz CT molecular complexity index is 581. The van der Waals surface area contributed by atoms with Crippen LogP contribution in [0.1, 0.15) is 21.9 Å². The molecular formula is C13H12FN3O. The number of anilines is 1. The predicted molar refractivity (Wildman–Crippen MR) is 65.9 cm³/mol. The van der Waals surface area contributed by atoms with Crippen LogP contribution in [0.2, 0.25) is 0 Å². The number of hydrogen-bond donors (Lipinski definition) is 1. The van der Waals surface area contributed by atoms with E-state index in [1.807, 2.05) is 0 Å². The number of aromatic nitrogens is 2. The van der Waals surface area contributed by atoms with Crippen LogP contribution in [0, 0.1) is 19.7 Å². The number of aryl methyl sites for hydroxylation is 2. The maximum atomic E-state index is 12.7. The predicted octanol–water partition coefficient (Wildman–Crippen LogP) is 2.48. The minimum Gasteiger partial charge on any atom is -0.322 e. The van der Waals surface area contributed by atoms with Gasteiger partial charge in [-0.1, -0.05) is 0 Å². The molecule has 2 rings (SSSR count). The largest absolute Gasteiger partial charge is 0.322 e. The van der Waals surface area contributed by atoms with Crippen molar-refractivity contribution in [1.29, 1.82) is 0 Å². The molecule has 0 aliphatic rings. The van der Waals surface area contributed by atoms with Crippen LogP contribution in [0.15, 0.2) is 30.5 Å². The van der Waals surface area contributed by atoms with Crippen LogP contribution in [0.25, 0.3) is 0 Å². The van der Waals surface area contributed by atoms with Gasteiger partial charge >= 0.3 is 0 Å². The first-order chi connectivity index (χ1) is 8.56. The molecule has 0 aliphatic carbocycles. The first-order valence-corrected chi connectivity index (χ1v) is 5.43. The fraction of sp³-hybridized carbons (Fsp3) is 0.154. The monoisotopic (exact) mass is 245 g/mol. The summed E-state index contributed by atoms with van der Waals surface area (Å²) in [6, 6.07) is 5.57. The number of nitrogens with zero attached hydrogens (tertiary/aromatic N) is 2. The van der Waals surface area contributed by atoms with Crippen molar-refractivity contribution >= 4 is 11.6 Å². The van der Waals surface area contributed by atoms with Crippen molar-refractivity contribution in [1.82, 2.24) is 9.97 Å². The van der Waals surface area contributed by atoms with Gasteiger partial charge in [0.05, 0.1) is 11.3 Å². The highest BCUT2D eigenvalue weighted by molar-refractivity contribution is 6.04. The van der Waals surface area contributed by atoms with Crippen LogP contribution in [0.5, 0.6) is 0 Å². The zero-order valence-corrected chi connectivity index (χ0v) is 10.1. The molecule has 0 atom stereocenters. The molecule has 0 aliphatic heterocycles. The standard InChI is InChI=1S/C13H12FN3O/c1-8-12(7-15-9(2)16-8)13(18)17-11-5-3-10(14)4-6-11/h3-7H,1-2H3,(H,17,18). The number of carbonyl (C=O) groups excluding carboxylic acids is 1. The highest BCUT2D eigenvalue weighted by atomic mass is 19.1. The van der Waals surface area contributed by atoms with Gasteiger partial charge in [0, 0.05) is 11.9 Å². The Hall–Kier alpha value is -2.30. The summed E-state index contributed by atoms with van der Waals surface area (Å²) in [7, 11) is 0. The molecule has 5 heteroatoms. The molecule has 1 amide bonds. The Balaban J connectivity index is 2.19. The van der Waals surface area contributed by atoms with Crippen molar-refractivity contribution < 1.29 is 9.18 Å². The van der Waals surface area contributed by atoms with Gasteiger partial charge in [-0.2, -0.15) is 0 Å². The third-order valence-electron chi connectivity index (χ3n) is 2.45. The lowest BCUT2D eigenvalue weighted by molar-refractivity contribution is 0.102. The van der Waals surface area contributed by atoms with Gasteiger partial charge in [-0.15, -0.1) is 0 Å². The average Bonchev–Trinajstić information content (AvgIpc) is 2.32. The summed E-state index contributed by atoms with van der Waals surface area (Å²) in [5.41, 5.74) is 1.55. The van der Waals surface area contributed by atoms with Crippen LogP contribution in [0.4, 0.5) is 10.1 Å². The van der Waals surface area contributed by atoms with Crippen molar-refractivity contribution in [2.45, 2.75) is 13.8 Å². The van der Waals surface area contributed by atoms with Crippen LogP contribution >= 0.6 is 0 Å². The lowest BCUT2D eigenvalue weighted by Gasteiger charge is -2.07. The van der Waals surface area contributed by atoms with E-state index in [-0.39, 0.29) is 11.7 Å². The Kier molecular flexibility index (Phi) is 3.32. The smallest absolute Gasteiger partial charge is 0.259 e. The first-order valence-electron chi connectivity index (χ1n) is 5.43. The quantitative estimate of drug-likeness (QED) is 0.884. The SMILES string of the molecule is Cc1ncc(C(=O)Nc2ccc(F)cc2)c(C)n1. The van der Waals surface area contributed by atoms with Gasteiger partial charge in [0.2, 0.25) is 0 Å². The number of carbonyl (C=O) groups is 1. The fourth-order valence-electron chi connectivity index (χ4n) is 1.54. The van der Waals surface area contributed by atoms with Crippen molar-refractivity contribution in [3.05, 3.63) is 53.4 Å². The lowest BCUT2D eigenvalue weighted by atomic mass is 10.2. The molecule has 0 bridgehead atoms. The van der Waals surface area contributed by atoms with Gasteiger partial charge in [-0.25, -0.2) is 14.4 Å². The molecule has 1 heterocycles. The molecule has 1 aromatic carbocycles. The fourth-order valence-corrected chi connectivity index (χ4v) is 1.54. The van der Waals surface area contributed by atoms with Gasteiger partial charge in [0.15, 0.2) is 0 Å². The van der Waals surface area contributed by atoms with E-state index in [1.165, 1.54) is 30.5 Å². The molecule has 18 heavy (non-hydrogen) atoms. The summed E-state index contributed by atoms with van der Waals surface area (Å²) in [5.74, 6) is -0.0345. The summed E-state index contributed by atoms with van der Waals surface area (Å²) in [5, 5.41) is 2.66. The van der Waals surface area contributed by atoms with E-state index in [0.29, 0.717) is 22.8 Å². The number of benzene rings is 1. The lowest BCUT2D eigenvalue weighted by Crippen LogP contribution is -2.15. The Morgan fingerprint density at radius 3 is 2.50 bits per heavy atom. The number of rotatable bonds is 2. The number of halogens is 1. The summed E-state index contributed by atoms with van der Waals surface area (Å²) in [6.07, 6.45) is 1.48. The Labute approximate surface area is 104 Å². The van der Waals surface area contributed by atoms with Crippen LogP contribution in [0.3, 0.4) is 0 Å². The molecule has 0 saturated carbocycles. The molecule has 0 saturated heterocycles. The van der Waals surface area contributed by atoms with E-state index < -0.39 is 0 Å².